The van der Waals surface area contributed by atoms with E-state index in [1.54, 1.807) is 59.7 Å². The Morgan fingerprint density at radius 3 is 2.26 bits per heavy atom. The van der Waals surface area contributed by atoms with Crippen LogP contribution in [0.1, 0.15) is 52.7 Å². The van der Waals surface area contributed by atoms with Crippen molar-refractivity contribution in [3.8, 4) is 17.3 Å². The van der Waals surface area contributed by atoms with Gasteiger partial charge in [-0.3, -0.25) is 3.97 Å². The predicted molar refractivity (Wildman–Crippen MR) is 143 cm³/mol. The fourth-order valence-electron chi connectivity index (χ4n) is 3.19. The summed E-state index contributed by atoms with van der Waals surface area (Å²) in [5.41, 5.74) is 1.30. The summed E-state index contributed by atoms with van der Waals surface area (Å²) in [6.07, 6.45) is 1.68. The fourth-order valence-corrected chi connectivity index (χ4v) is 4.46. The van der Waals surface area contributed by atoms with Crippen LogP contribution in [0, 0.1) is 11.3 Å². The first-order valence-electron chi connectivity index (χ1n) is 10.7. The topological polar surface area (TPSA) is 110 Å². The zero-order chi connectivity index (χ0) is 26.0. The number of halogens is 1. The van der Waals surface area contributed by atoms with Crippen LogP contribution < -0.4 is 0 Å². The molecule has 2 amide bonds. The number of nitriles is 1. The molecular formula is C24H26IN5O4S. The van der Waals surface area contributed by atoms with Gasteiger partial charge in [0.05, 0.1) is 23.9 Å². The summed E-state index contributed by atoms with van der Waals surface area (Å²) in [7, 11) is 1.49. The van der Waals surface area contributed by atoms with Crippen molar-refractivity contribution in [1.82, 2.24) is 18.8 Å². The van der Waals surface area contributed by atoms with Crippen molar-refractivity contribution in [2.75, 3.05) is 0 Å². The van der Waals surface area contributed by atoms with Crippen molar-refractivity contribution in [2.45, 2.75) is 59.3 Å². The highest BCUT2D eigenvalue weighted by Gasteiger charge is 2.32. The fraction of sp³-hybridized carbons (Fsp3) is 0.375. The quantitative estimate of drug-likeness (QED) is 0.310. The molecule has 1 aromatic carbocycles. The number of hydrogen-bond donors (Lipinski definition) is 0. The van der Waals surface area contributed by atoms with Crippen LogP contribution in [-0.2, 0) is 16.0 Å². The molecule has 0 radical (unpaired) electrons. The number of aromatic nitrogens is 3. The summed E-state index contributed by atoms with van der Waals surface area (Å²) >= 11 is 2.17. The van der Waals surface area contributed by atoms with Gasteiger partial charge >= 0.3 is 12.2 Å². The Balaban J connectivity index is 1.99. The number of ether oxygens (including phenoxy) is 2. The van der Waals surface area contributed by atoms with Crippen LogP contribution in [0.25, 0.3) is 22.3 Å². The zero-order valence-electron chi connectivity index (χ0n) is 20.3. The number of rotatable bonds is 4. The highest BCUT2D eigenvalue weighted by atomic mass is 127. The number of hydrogen-bond acceptors (Lipinski definition) is 8. The summed E-state index contributed by atoms with van der Waals surface area (Å²) < 4.78 is 12.8. The Morgan fingerprint density at radius 2 is 1.71 bits per heavy atom. The minimum absolute atomic E-state index is 0.186. The summed E-state index contributed by atoms with van der Waals surface area (Å²) in [5.74, 6) is 0. The molecule has 0 unspecified atom stereocenters. The van der Waals surface area contributed by atoms with Gasteiger partial charge < -0.3 is 9.47 Å². The van der Waals surface area contributed by atoms with Crippen LogP contribution in [0.2, 0.25) is 0 Å². The van der Waals surface area contributed by atoms with Gasteiger partial charge in [-0.05, 0) is 59.2 Å². The van der Waals surface area contributed by atoms with E-state index in [-0.39, 0.29) is 6.54 Å². The second kappa shape index (κ2) is 10.4. The van der Waals surface area contributed by atoms with Crippen molar-refractivity contribution < 1.29 is 19.1 Å². The van der Waals surface area contributed by atoms with Crippen molar-refractivity contribution in [2.24, 2.45) is 0 Å². The highest BCUT2D eigenvalue weighted by molar-refractivity contribution is 14.2. The van der Waals surface area contributed by atoms with Crippen LogP contribution in [0.3, 0.4) is 0 Å². The molecular weight excluding hydrogens is 581 g/mol. The third kappa shape index (κ3) is 6.64. The number of carbonyl (C=O) groups excluding carboxylic acids is 2. The Bertz CT molecular complexity index is 1280. The average molecular weight is 607 g/mol. The molecule has 3 aromatic rings. The van der Waals surface area contributed by atoms with Crippen molar-refractivity contribution in [3.05, 3.63) is 47.9 Å². The van der Waals surface area contributed by atoms with E-state index in [1.807, 2.05) is 16.2 Å². The molecule has 0 aliphatic rings. The first-order chi connectivity index (χ1) is 16.3. The second-order valence-electron chi connectivity index (χ2n) is 9.70. The molecule has 2 heterocycles. The largest absolute Gasteiger partial charge is 0.443 e. The first kappa shape index (κ1) is 26.7. The summed E-state index contributed by atoms with van der Waals surface area (Å²) in [6.45, 7) is 10.1. The molecule has 9 nitrogen and oxygen atoms in total. The summed E-state index contributed by atoms with van der Waals surface area (Å²) in [5, 5.41) is 10.7. The standard InChI is InChI=1S/C24H26IN5O4S/c1-23(2,3)33-21(31)29(22(32)34-24(4,5)6)13-16-8-7-15(11-17(16)12-26)19-18-9-10-30(35-25)20(18)28-14-27-19/h7-11,14H,13H2,1-6H3. The van der Waals surface area contributed by atoms with Gasteiger partial charge in [0.2, 0.25) is 0 Å². The van der Waals surface area contributed by atoms with Gasteiger partial charge in [0.1, 0.15) is 17.5 Å². The monoisotopic (exact) mass is 607 g/mol. The SMILES string of the molecule is CC(C)(C)OC(=O)N(Cc1ccc(-c2ncnc3c2ccn3SI)cc1C#N)C(=O)OC(C)(C)C. The average Bonchev–Trinajstić information content (AvgIpc) is 3.18. The molecule has 0 N–H and O–H groups in total. The lowest BCUT2D eigenvalue weighted by molar-refractivity contribution is -0.000255. The van der Waals surface area contributed by atoms with Crippen LogP contribution in [0.15, 0.2) is 36.8 Å². The molecule has 0 bridgehead atoms. The van der Waals surface area contributed by atoms with Gasteiger partial charge in [-0.25, -0.2) is 24.5 Å². The van der Waals surface area contributed by atoms with E-state index in [0.717, 1.165) is 21.5 Å². The van der Waals surface area contributed by atoms with E-state index in [4.69, 9.17) is 9.47 Å². The molecule has 2 aromatic heterocycles. The second-order valence-corrected chi connectivity index (χ2v) is 11.4. The van der Waals surface area contributed by atoms with E-state index >= 15 is 0 Å². The third-order valence-electron chi connectivity index (χ3n) is 4.58. The van der Waals surface area contributed by atoms with Gasteiger partial charge in [0, 0.05) is 47.5 Å². The Morgan fingerprint density at radius 1 is 1.09 bits per heavy atom. The maximum absolute atomic E-state index is 12.9. The van der Waals surface area contributed by atoms with Crippen LogP contribution in [-0.4, -0.2) is 42.2 Å². The normalized spacial score (nSPS) is 11.7. The lowest BCUT2D eigenvalue weighted by atomic mass is 10.0. The Labute approximate surface area is 220 Å². The molecule has 35 heavy (non-hydrogen) atoms. The number of fused-ring (bicyclic) bond motifs is 1. The molecule has 184 valence electrons. The molecule has 11 heteroatoms. The van der Waals surface area contributed by atoms with Crippen LogP contribution in [0.4, 0.5) is 9.59 Å². The zero-order valence-corrected chi connectivity index (χ0v) is 23.3. The van der Waals surface area contributed by atoms with E-state index in [0.29, 0.717) is 16.8 Å². The highest BCUT2D eigenvalue weighted by Crippen LogP contribution is 2.31. The lowest BCUT2D eigenvalue weighted by Gasteiger charge is -2.28. The number of imide groups is 1. The van der Waals surface area contributed by atoms with Crippen molar-refractivity contribution in [1.29, 1.82) is 5.26 Å². The maximum Gasteiger partial charge on any atom is 0.420 e. The summed E-state index contributed by atoms with van der Waals surface area (Å²) in [4.78, 5) is 35.3. The number of nitrogens with zero attached hydrogens (tertiary/aromatic N) is 5. The third-order valence-corrected chi connectivity index (χ3v) is 6.30. The van der Waals surface area contributed by atoms with Crippen LogP contribution in [0.5, 0.6) is 0 Å². The van der Waals surface area contributed by atoms with E-state index in [9.17, 15) is 14.9 Å². The Kier molecular flexibility index (Phi) is 7.96. The Hall–Kier alpha value is -2.85. The maximum atomic E-state index is 12.9. The minimum Gasteiger partial charge on any atom is -0.443 e. The van der Waals surface area contributed by atoms with Gasteiger partial charge in [0.25, 0.3) is 0 Å². The van der Waals surface area contributed by atoms with Crippen molar-refractivity contribution in [3.63, 3.8) is 0 Å². The molecule has 0 spiro atoms. The van der Waals surface area contributed by atoms with Crippen molar-refractivity contribution >= 4 is 53.5 Å². The van der Waals surface area contributed by atoms with Gasteiger partial charge in [-0.15, -0.1) is 0 Å². The van der Waals surface area contributed by atoms with Gasteiger partial charge in [-0.1, -0.05) is 12.1 Å². The predicted octanol–water partition coefficient (Wildman–Crippen LogP) is 6.49. The van der Waals surface area contributed by atoms with E-state index in [1.165, 1.54) is 15.4 Å². The molecule has 0 atom stereocenters. The molecule has 0 aliphatic carbocycles. The summed E-state index contributed by atoms with van der Waals surface area (Å²) in [6, 6.07) is 9.28. The molecule has 0 saturated carbocycles. The number of amides is 2. The van der Waals surface area contributed by atoms with E-state index < -0.39 is 23.4 Å². The van der Waals surface area contributed by atoms with Gasteiger partial charge in [-0.2, -0.15) is 5.26 Å². The number of benzene rings is 1. The van der Waals surface area contributed by atoms with Crippen LogP contribution >= 0.6 is 30.3 Å². The van der Waals surface area contributed by atoms with Gasteiger partial charge in [0.15, 0.2) is 5.65 Å². The number of carbonyl (C=O) groups is 2. The van der Waals surface area contributed by atoms with E-state index in [2.05, 4.69) is 37.2 Å². The minimum atomic E-state index is -0.852. The molecule has 0 fully saturated rings. The molecule has 3 rings (SSSR count). The molecule has 0 saturated heterocycles. The smallest absolute Gasteiger partial charge is 0.420 e. The molecule has 0 aliphatic heterocycles. The first-order valence-corrected chi connectivity index (χ1v) is 14.0. The lowest BCUT2D eigenvalue weighted by Crippen LogP contribution is -2.43.